The molecule has 10 rings (SSSR count). The minimum Gasteiger partial charge on any atom is -0.309 e. The van der Waals surface area contributed by atoms with Gasteiger partial charge in [-0.3, -0.25) is 9.97 Å². The molecule has 3 heteroatoms. The molecule has 0 saturated carbocycles. The fraction of sp³-hybridized carbons (Fsp3) is 0. The molecule has 0 fully saturated rings. The van der Waals surface area contributed by atoms with Crippen LogP contribution in [0.3, 0.4) is 0 Å². The predicted octanol–water partition coefficient (Wildman–Crippen LogP) is 11.5. The van der Waals surface area contributed by atoms with Crippen LogP contribution < -0.4 is 0 Å². The molecule has 0 amide bonds. The van der Waals surface area contributed by atoms with Gasteiger partial charge in [0.2, 0.25) is 0 Å². The van der Waals surface area contributed by atoms with Crippen LogP contribution in [-0.2, 0) is 0 Å². The summed E-state index contributed by atoms with van der Waals surface area (Å²) in [5, 5.41) is 9.63. The predicted molar refractivity (Wildman–Crippen MR) is 197 cm³/mol. The van der Waals surface area contributed by atoms with Crippen LogP contribution in [0.2, 0.25) is 0 Å². The largest absolute Gasteiger partial charge is 0.309 e. The standard InChI is InChI=1S/C44H27N3/c1-2-8-34(9-3-1)47-41-13-7-6-11-36(41)40-27-32(19-21-42(40)47)30-17-15-28-14-16-29(24-33(28)25-30)31-18-20-38-39(26-31)35-10-4-5-12-37(35)43-44(38)46-23-22-45-43/h1-27H. The van der Waals surface area contributed by atoms with Crippen molar-refractivity contribution in [3.63, 3.8) is 0 Å². The van der Waals surface area contributed by atoms with Crippen molar-refractivity contribution in [1.82, 2.24) is 14.5 Å². The molecule has 47 heavy (non-hydrogen) atoms. The number of rotatable bonds is 3. The first-order chi connectivity index (χ1) is 23.3. The summed E-state index contributed by atoms with van der Waals surface area (Å²) in [6.07, 6.45) is 3.56. The van der Waals surface area contributed by atoms with Gasteiger partial charge >= 0.3 is 0 Å². The lowest BCUT2D eigenvalue weighted by Gasteiger charge is -2.11. The van der Waals surface area contributed by atoms with Crippen LogP contribution in [0.4, 0.5) is 0 Å². The molecule has 0 bridgehead atoms. The maximum atomic E-state index is 4.73. The molecule has 0 unspecified atom stereocenters. The molecule has 2 heterocycles. The highest BCUT2D eigenvalue weighted by Gasteiger charge is 2.14. The highest BCUT2D eigenvalue weighted by molar-refractivity contribution is 6.23. The molecule has 0 aliphatic rings. The summed E-state index contributed by atoms with van der Waals surface area (Å²) >= 11 is 0. The summed E-state index contributed by atoms with van der Waals surface area (Å²) in [4.78, 5) is 9.42. The van der Waals surface area contributed by atoms with Gasteiger partial charge in [0.1, 0.15) is 0 Å². The topological polar surface area (TPSA) is 30.7 Å². The molecule has 0 saturated heterocycles. The van der Waals surface area contributed by atoms with Gasteiger partial charge in [-0.05, 0) is 92.3 Å². The first kappa shape index (κ1) is 26.0. The second kappa shape index (κ2) is 10.1. The van der Waals surface area contributed by atoms with Gasteiger partial charge in [0, 0.05) is 39.6 Å². The average Bonchev–Trinajstić information content (AvgIpc) is 3.48. The minimum atomic E-state index is 0.944. The molecule has 0 aliphatic carbocycles. The Kier molecular flexibility index (Phi) is 5.57. The Morgan fingerprint density at radius 1 is 0.340 bits per heavy atom. The van der Waals surface area contributed by atoms with Crippen molar-refractivity contribution in [2.75, 3.05) is 0 Å². The zero-order chi connectivity index (χ0) is 30.9. The summed E-state index contributed by atoms with van der Waals surface area (Å²) in [5.41, 5.74) is 10.3. The maximum Gasteiger partial charge on any atom is 0.0971 e. The first-order valence-corrected chi connectivity index (χ1v) is 16.0. The number of hydrogen-bond donors (Lipinski definition) is 0. The number of fused-ring (bicyclic) bond motifs is 10. The number of nitrogens with zero attached hydrogens (tertiary/aromatic N) is 3. The highest BCUT2D eigenvalue weighted by atomic mass is 15.0. The molecule has 0 atom stereocenters. The Bertz CT molecular complexity index is 2810. The van der Waals surface area contributed by atoms with Gasteiger partial charge in [-0.1, -0.05) is 103 Å². The lowest BCUT2D eigenvalue weighted by atomic mass is 9.94. The van der Waals surface area contributed by atoms with E-state index in [1.165, 1.54) is 71.3 Å². The summed E-state index contributed by atoms with van der Waals surface area (Å²) in [7, 11) is 0. The lowest BCUT2D eigenvalue weighted by molar-refractivity contribution is 1.18. The van der Waals surface area contributed by atoms with E-state index in [4.69, 9.17) is 9.97 Å². The third-order valence-electron chi connectivity index (χ3n) is 9.64. The van der Waals surface area contributed by atoms with Crippen molar-refractivity contribution in [3.8, 4) is 27.9 Å². The minimum absolute atomic E-state index is 0.944. The van der Waals surface area contributed by atoms with Crippen molar-refractivity contribution >= 4 is 65.2 Å². The molecule has 8 aromatic carbocycles. The molecule has 0 aliphatic heterocycles. The van der Waals surface area contributed by atoms with Crippen molar-refractivity contribution in [2.45, 2.75) is 0 Å². The molecular formula is C44H27N3. The first-order valence-electron chi connectivity index (χ1n) is 16.0. The molecule has 2 aromatic heterocycles. The normalized spacial score (nSPS) is 11.8. The Hall–Kier alpha value is -6.32. The van der Waals surface area contributed by atoms with Crippen molar-refractivity contribution in [1.29, 1.82) is 0 Å². The van der Waals surface area contributed by atoms with Crippen molar-refractivity contribution in [2.24, 2.45) is 0 Å². The van der Waals surface area contributed by atoms with E-state index < -0.39 is 0 Å². The Morgan fingerprint density at radius 3 is 1.62 bits per heavy atom. The average molecular weight is 598 g/mol. The Balaban J connectivity index is 1.11. The van der Waals surface area contributed by atoms with Gasteiger partial charge in [0.25, 0.3) is 0 Å². The summed E-state index contributed by atoms with van der Waals surface area (Å²) in [6.45, 7) is 0. The van der Waals surface area contributed by atoms with Gasteiger partial charge in [0.05, 0.1) is 22.1 Å². The Morgan fingerprint density at radius 2 is 0.872 bits per heavy atom. The van der Waals surface area contributed by atoms with Crippen molar-refractivity contribution < 1.29 is 0 Å². The van der Waals surface area contributed by atoms with Gasteiger partial charge in [-0.2, -0.15) is 0 Å². The van der Waals surface area contributed by atoms with Crippen LogP contribution in [0, 0.1) is 0 Å². The number of aromatic nitrogens is 3. The van der Waals surface area contributed by atoms with Crippen LogP contribution in [0.5, 0.6) is 0 Å². The van der Waals surface area contributed by atoms with E-state index in [1.807, 2.05) is 0 Å². The third kappa shape index (κ3) is 4.00. The fourth-order valence-electron chi connectivity index (χ4n) is 7.42. The quantitative estimate of drug-likeness (QED) is 0.190. The van der Waals surface area contributed by atoms with Gasteiger partial charge < -0.3 is 4.57 Å². The van der Waals surface area contributed by atoms with E-state index in [-0.39, 0.29) is 0 Å². The van der Waals surface area contributed by atoms with Crippen LogP contribution in [0.25, 0.3) is 93.1 Å². The molecule has 0 spiro atoms. The number of hydrogen-bond acceptors (Lipinski definition) is 2. The lowest BCUT2D eigenvalue weighted by Crippen LogP contribution is -1.92. The zero-order valence-corrected chi connectivity index (χ0v) is 25.4. The monoisotopic (exact) mass is 597 g/mol. The summed E-state index contributed by atoms with van der Waals surface area (Å²) in [6, 6.07) is 55.1. The van der Waals surface area contributed by atoms with E-state index in [1.54, 1.807) is 12.4 Å². The van der Waals surface area contributed by atoms with Gasteiger partial charge in [0.15, 0.2) is 0 Å². The van der Waals surface area contributed by atoms with E-state index >= 15 is 0 Å². The fourth-order valence-corrected chi connectivity index (χ4v) is 7.42. The molecular weight excluding hydrogens is 571 g/mol. The molecule has 0 radical (unpaired) electrons. The maximum absolute atomic E-state index is 4.73. The van der Waals surface area contributed by atoms with Crippen LogP contribution >= 0.6 is 0 Å². The van der Waals surface area contributed by atoms with E-state index in [2.05, 4.69) is 156 Å². The third-order valence-corrected chi connectivity index (χ3v) is 9.64. The van der Waals surface area contributed by atoms with Gasteiger partial charge in [-0.25, -0.2) is 0 Å². The van der Waals surface area contributed by atoms with E-state index in [0.29, 0.717) is 0 Å². The van der Waals surface area contributed by atoms with E-state index in [0.717, 1.165) is 21.8 Å². The van der Waals surface area contributed by atoms with Crippen molar-refractivity contribution in [3.05, 3.63) is 164 Å². The molecule has 0 N–H and O–H groups in total. The SMILES string of the molecule is c1ccc(-n2c3ccccc3c3cc(-c4ccc5ccc(-c6ccc7c(c6)c6ccccc6c6nccnc76)cc5c4)ccc32)cc1. The molecule has 218 valence electrons. The number of benzene rings is 8. The second-order valence-electron chi connectivity index (χ2n) is 12.3. The van der Waals surface area contributed by atoms with E-state index in [9.17, 15) is 0 Å². The zero-order valence-electron chi connectivity index (χ0n) is 25.4. The molecule has 3 nitrogen and oxygen atoms in total. The molecule has 10 aromatic rings. The summed E-state index contributed by atoms with van der Waals surface area (Å²) < 4.78 is 2.36. The van der Waals surface area contributed by atoms with Gasteiger partial charge in [-0.15, -0.1) is 0 Å². The highest BCUT2D eigenvalue weighted by Crippen LogP contribution is 2.38. The van der Waals surface area contributed by atoms with Crippen LogP contribution in [0.15, 0.2) is 164 Å². The second-order valence-corrected chi connectivity index (χ2v) is 12.3. The Labute approximate surface area is 271 Å². The number of para-hydroxylation sites is 2. The smallest absolute Gasteiger partial charge is 0.0971 e. The van der Waals surface area contributed by atoms with Crippen LogP contribution in [0.1, 0.15) is 0 Å². The summed E-state index contributed by atoms with van der Waals surface area (Å²) in [5.74, 6) is 0. The van der Waals surface area contributed by atoms with Crippen LogP contribution in [-0.4, -0.2) is 14.5 Å².